The Bertz CT molecular complexity index is 566. The van der Waals surface area contributed by atoms with E-state index in [1.54, 1.807) is 6.07 Å². The molecule has 19 heavy (non-hydrogen) atoms. The van der Waals surface area contributed by atoms with E-state index in [0.29, 0.717) is 17.3 Å². The zero-order valence-corrected chi connectivity index (χ0v) is 11.1. The average molecular weight is 281 g/mol. The molecular weight excluding hydrogens is 268 g/mol. The monoisotopic (exact) mass is 280 g/mol. The molecule has 0 bridgehead atoms. The van der Waals surface area contributed by atoms with Gasteiger partial charge in [-0.25, -0.2) is 0 Å². The zero-order valence-electron chi connectivity index (χ0n) is 10.3. The Balaban J connectivity index is 1.94. The van der Waals surface area contributed by atoms with Crippen molar-refractivity contribution >= 4 is 17.5 Å². The normalized spacial score (nSPS) is 12.3. The van der Waals surface area contributed by atoms with Crippen LogP contribution in [-0.4, -0.2) is 4.92 Å². The van der Waals surface area contributed by atoms with Crippen LogP contribution in [0, 0.1) is 10.1 Å². The predicted octanol–water partition coefficient (Wildman–Crippen LogP) is 3.69. The molecule has 0 saturated heterocycles. The van der Waals surface area contributed by atoms with Crippen molar-refractivity contribution in [3.63, 3.8) is 0 Å². The maximum absolute atomic E-state index is 10.5. The summed E-state index contributed by atoms with van der Waals surface area (Å²) in [6.07, 6.45) is 0. The van der Waals surface area contributed by atoms with Crippen LogP contribution in [0.15, 0.2) is 40.8 Å². The van der Waals surface area contributed by atoms with Crippen LogP contribution in [0.3, 0.4) is 0 Å². The molecule has 2 aromatic rings. The molecule has 5 nitrogen and oxygen atoms in total. The highest BCUT2D eigenvalue weighted by atomic mass is 35.5. The Morgan fingerprint density at radius 3 is 2.58 bits per heavy atom. The van der Waals surface area contributed by atoms with E-state index in [0.717, 1.165) is 5.56 Å². The molecule has 0 aliphatic heterocycles. The minimum Gasteiger partial charge on any atom is -0.404 e. The topological polar surface area (TPSA) is 68.3 Å². The lowest BCUT2D eigenvalue weighted by molar-refractivity contribution is -0.402. The van der Waals surface area contributed by atoms with Gasteiger partial charge in [0.25, 0.3) is 0 Å². The van der Waals surface area contributed by atoms with Gasteiger partial charge in [0.05, 0.1) is 12.6 Å². The van der Waals surface area contributed by atoms with E-state index in [9.17, 15) is 10.1 Å². The van der Waals surface area contributed by atoms with Gasteiger partial charge in [-0.1, -0.05) is 23.7 Å². The number of benzene rings is 1. The molecule has 6 heteroatoms. The molecule has 2 rings (SSSR count). The third kappa shape index (κ3) is 3.56. The van der Waals surface area contributed by atoms with Crippen molar-refractivity contribution in [1.82, 2.24) is 5.32 Å². The SMILES string of the molecule is CC(NCc1ccc([N+](=O)[O-])o1)c1ccc(Cl)cc1. The molecule has 1 unspecified atom stereocenters. The van der Waals surface area contributed by atoms with Gasteiger partial charge in [-0.15, -0.1) is 0 Å². The van der Waals surface area contributed by atoms with Crippen molar-refractivity contribution in [3.05, 3.63) is 62.9 Å². The van der Waals surface area contributed by atoms with Crippen molar-refractivity contribution < 1.29 is 9.34 Å². The minimum atomic E-state index is -0.549. The van der Waals surface area contributed by atoms with Crippen molar-refractivity contribution in [2.45, 2.75) is 19.5 Å². The molecule has 0 amide bonds. The molecule has 0 aliphatic rings. The Morgan fingerprint density at radius 2 is 2.00 bits per heavy atom. The third-order valence-corrected chi connectivity index (χ3v) is 3.03. The van der Waals surface area contributed by atoms with Crippen molar-refractivity contribution in [2.24, 2.45) is 0 Å². The van der Waals surface area contributed by atoms with Crippen molar-refractivity contribution in [1.29, 1.82) is 0 Å². The highest BCUT2D eigenvalue weighted by Crippen LogP contribution is 2.18. The number of hydrogen-bond donors (Lipinski definition) is 1. The number of nitrogens with zero attached hydrogens (tertiary/aromatic N) is 1. The number of nitro groups is 1. The fraction of sp³-hybridized carbons (Fsp3) is 0.231. The van der Waals surface area contributed by atoms with Gasteiger partial charge >= 0.3 is 5.88 Å². The molecule has 100 valence electrons. The van der Waals surface area contributed by atoms with Crippen molar-refractivity contribution in [3.8, 4) is 0 Å². The van der Waals surface area contributed by atoms with Gasteiger partial charge < -0.3 is 9.73 Å². The van der Waals surface area contributed by atoms with Crippen LogP contribution in [0.4, 0.5) is 5.88 Å². The van der Waals surface area contributed by atoms with Crippen LogP contribution in [-0.2, 0) is 6.54 Å². The fourth-order valence-electron chi connectivity index (χ4n) is 1.68. The number of rotatable bonds is 5. The lowest BCUT2D eigenvalue weighted by atomic mass is 10.1. The second-order valence-corrected chi connectivity index (χ2v) is 4.59. The first kappa shape index (κ1) is 13.6. The molecule has 0 saturated carbocycles. The van der Waals surface area contributed by atoms with E-state index in [-0.39, 0.29) is 11.9 Å². The molecule has 0 fully saturated rings. The Kier molecular flexibility index (Phi) is 4.19. The Labute approximate surface area is 115 Å². The van der Waals surface area contributed by atoms with Gasteiger partial charge in [-0.2, -0.15) is 0 Å². The zero-order chi connectivity index (χ0) is 13.8. The van der Waals surface area contributed by atoms with Crippen LogP contribution < -0.4 is 5.32 Å². The molecule has 0 radical (unpaired) electrons. The van der Waals surface area contributed by atoms with Gasteiger partial charge in [0, 0.05) is 11.1 Å². The van der Waals surface area contributed by atoms with E-state index in [4.69, 9.17) is 16.0 Å². The highest BCUT2D eigenvalue weighted by molar-refractivity contribution is 6.30. The number of nitrogens with one attached hydrogen (secondary N) is 1. The van der Waals surface area contributed by atoms with Crippen LogP contribution >= 0.6 is 11.6 Å². The molecule has 0 aliphatic carbocycles. The fourth-order valence-corrected chi connectivity index (χ4v) is 1.81. The largest absolute Gasteiger partial charge is 0.433 e. The van der Waals surface area contributed by atoms with E-state index >= 15 is 0 Å². The van der Waals surface area contributed by atoms with Crippen LogP contribution in [0.2, 0.25) is 5.02 Å². The van der Waals surface area contributed by atoms with Gasteiger partial charge in [-0.05, 0) is 30.7 Å². The van der Waals surface area contributed by atoms with Gasteiger partial charge in [0.2, 0.25) is 0 Å². The maximum atomic E-state index is 10.5. The number of hydrogen-bond acceptors (Lipinski definition) is 4. The number of halogens is 1. The summed E-state index contributed by atoms with van der Waals surface area (Å²) in [7, 11) is 0. The lowest BCUT2D eigenvalue weighted by Crippen LogP contribution is -2.17. The minimum absolute atomic E-state index is 0.0985. The summed E-state index contributed by atoms with van der Waals surface area (Å²) in [6.45, 7) is 2.43. The molecule has 0 spiro atoms. The third-order valence-electron chi connectivity index (χ3n) is 2.78. The standard InChI is InChI=1S/C13H13ClN2O3/c1-9(10-2-4-11(14)5-3-10)15-8-12-6-7-13(19-12)16(17)18/h2-7,9,15H,8H2,1H3. The summed E-state index contributed by atoms with van der Waals surface area (Å²) in [5.41, 5.74) is 1.09. The summed E-state index contributed by atoms with van der Waals surface area (Å²) >= 11 is 5.82. The summed E-state index contributed by atoms with van der Waals surface area (Å²) in [5, 5.41) is 14.4. The molecule has 1 heterocycles. The van der Waals surface area contributed by atoms with Gasteiger partial charge in [0.15, 0.2) is 0 Å². The van der Waals surface area contributed by atoms with E-state index in [2.05, 4.69) is 5.32 Å². The second kappa shape index (κ2) is 5.86. The van der Waals surface area contributed by atoms with E-state index in [1.807, 2.05) is 31.2 Å². The first-order valence-corrected chi connectivity index (χ1v) is 6.16. The first-order chi connectivity index (χ1) is 9.06. The highest BCUT2D eigenvalue weighted by Gasteiger charge is 2.12. The molecule has 1 N–H and O–H groups in total. The van der Waals surface area contributed by atoms with E-state index < -0.39 is 4.92 Å². The van der Waals surface area contributed by atoms with Crippen molar-refractivity contribution in [2.75, 3.05) is 0 Å². The Morgan fingerprint density at radius 1 is 1.32 bits per heavy atom. The van der Waals surface area contributed by atoms with Gasteiger partial charge in [0.1, 0.15) is 10.7 Å². The predicted molar refractivity (Wildman–Crippen MR) is 72.1 cm³/mol. The average Bonchev–Trinajstić information content (AvgIpc) is 2.86. The summed E-state index contributed by atoms with van der Waals surface area (Å²) in [4.78, 5) is 9.94. The molecule has 1 atom stereocenters. The van der Waals surface area contributed by atoms with Crippen LogP contribution in [0.5, 0.6) is 0 Å². The lowest BCUT2D eigenvalue weighted by Gasteiger charge is -2.13. The van der Waals surface area contributed by atoms with Gasteiger partial charge in [-0.3, -0.25) is 10.1 Å². The summed E-state index contributed by atoms with van der Waals surface area (Å²) in [5.74, 6) is 0.295. The summed E-state index contributed by atoms with van der Waals surface area (Å²) in [6, 6.07) is 10.6. The molecule has 1 aromatic carbocycles. The maximum Gasteiger partial charge on any atom is 0.433 e. The Hall–Kier alpha value is -1.85. The molecular formula is C13H13ClN2O3. The summed E-state index contributed by atoms with van der Waals surface area (Å²) < 4.78 is 5.07. The quantitative estimate of drug-likeness (QED) is 0.670. The smallest absolute Gasteiger partial charge is 0.404 e. The molecule has 1 aromatic heterocycles. The first-order valence-electron chi connectivity index (χ1n) is 5.78. The second-order valence-electron chi connectivity index (χ2n) is 4.15. The van der Waals surface area contributed by atoms with Crippen LogP contribution in [0.25, 0.3) is 0 Å². The van der Waals surface area contributed by atoms with Crippen LogP contribution in [0.1, 0.15) is 24.3 Å². The van der Waals surface area contributed by atoms with E-state index in [1.165, 1.54) is 6.07 Å². The number of furan rings is 1.